The van der Waals surface area contributed by atoms with E-state index in [1.807, 2.05) is 61.2 Å². The Bertz CT molecular complexity index is 1080. The van der Waals surface area contributed by atoms with E-state index in [9.17, 15) is 9.59 Å². The third-order valence-electron chi connectivity index (χ3n) is 5.50. The van der Waals surface area contributed by atoms with E-state index in [-0.39, 0.29) is 11.8 Å². The maximum Gasteiger partial charge on any atom is 0.265 e. The van der Waals surface area contributed by atoms with Gasteiger partial charge in [0.1, 0.15) is 4.88 Å². The van der Waals surface area contributed by atoms with E-state index in [0.29, 0.717) is 42.6 Å². The Balaban J connectivity index is 1.35. The van der Waals surface area contributed by atoms with Gasteiger partial charge in [-0.25, -0.2) is 0 Å². The van der Waals surface area contributed by atoms with E-state index < -0.39 is 0 Å². The summed E-state index contributed by atoms with van der Waals surface area (Å²) >= 11 is 7.91. The number of nitrogens with one attached hydrogen (secondary N) is 1. The molecule has 2 amide bonds. The predicted molar refractivity (Wildman–Crippen MR) is 124 cm³/mol. The fourth-order valence-electron chi connectivity index (χ4n) is 3.80. The van der Waals surface area contributed by atoms with Gasteiger partial charge in [0.05, 0.1) is 11.6 Å². The Labute approximate surface area is 185 Å². The first-order valence-corrected chi connectivity index (χ1v) is 11.2. The van der Waals surface area contributed by atoms with Gasteiger partial charge in [0.15, 0.2) is 0 Å². The van der Waals surface area contributed by atoms with Crippen LogP contribution in [0.15, 0.2) is 42.5 Å². The van der Waals surface area contributed by atoms with Crippen molar-refractivity contribution in [2.75, 3.05) is 38.0 Å². The first-order chi connectivity index (χ1) is 14.4. The molecule has 0 bridgehead atoms. The molecule has 4 rings (SSSR count). The summed E-state index contributed by atoms with van der Waals surface area (Å²) in [5.41, 5.74) is 2.99. The monoisotopic (exact) mass is 441 g/mol. The number of hydrogen-bond donors (Lipinski definition) is 1. The average molecular weight is 442 g/mol. The van der Waals surface area contributed by atoms with Gasteiger partial charge in [-0.15, -0.1) is 11.3 Å². The molecule has 0 saturated carbocycles. The number of carbonyl (C=O) groups excluding carboxylic acids is 2. The summed E-state index contributed by atoms with van der Waals surface area (Å²) in [6, 6.07) is 13.8. The van der Waals surface area contributed by atoms with Crippen molar-refractivity contribution < 1.29 is 9.59 Å². The van der Waals surface area contributed by atoms with Crippen molar-refractivity contribution in [3.63, 3.8) is 0 Å². The second-order valence-electron chi connectivity index (χ2n) is 7.62. The molecule has 5 nitrogen and oxygen atoms in total. The Kier molecular flexibility index (Phi) is 6.09. The van der Waals surface area contributed by atoms with Gasteiger partial charge in [-0.1, -0.05) is 48.0 Å². The Morgan fingerprint density at radius 1 is 1.00 bits per heavy atom. The zero-order valence-electron chi connectivity index (χ0n) is 17.1. The van der Waals surface area contributed by atoms with Gasteiger partial charge in [0.2, 0.25) is 5.91 Å². The molecule has 1 aromatic heterocycles. The molecule has 30 heavy (non-hydrogen) atoms. The Hall–Kier alpha value is -2.41. The smallest absolute Gasteiger partial charge is 0.265 e. The lowest BCUT2D eigenvalue weighted by molar-refractivity contribution is -0.117. The van der Waals surface area contributed by atoms with Crippen molar-refractivity contribution in [1.82, 2.24) is 9.80 Å². The highest BCUT2D eigenvalue weighted by molar-refractivity contribution is 7.21. The second kappa shape index (κ2) is 8.76. The van der Waals surface area contributed by atoms with Crippen molar-refractivity contribution >= 4 is 50.5 Å². The molecule has 2 aromatic carbocycles. The number of rotatable bonds is 4. The number of fused-ring (bicyclic) bond motifs is 1. The van der Waals surface area contributed by atoms with E-state index >= 15 is 0 Å². The third-order valence-corrected chi connectivity index (χ3v) is 7.16. The third kappa shape index (κ3) is 4.21. The van der Waals surface area contributed by atoms with Gasteiger partial charge in [0.25, 0.3) is 5.91 Å². The van der Waals surface area contributed by atoms with Gasteiger partial charge in [0, 0.05) is 42.0 Å². The number of piperazine rings is 1. The standard InChI is InChI=1S/C23H24ClN3O2S/c1-15-6-5-7-16(2)21(15)25-19(28)14-26-10-12-27(13-11-26)23(29)22-20(24)17-8-3-4-9-18(17)30-22/h3-9H,10-14H2,1-2H3,(H,25,28). The lowest BCUT2D eigenvalue weighted by atomic mass is 10.1. The number of thiophene rings is 1. The van der Waals surface area contributed by atoms with Crippen molar-refractivity contribution in [2.45, 2.75) is 13.8 Å². The van der Waals surface area contributed by atoms with Crippen LogP contribution in [0, 0.1) is 13.8 Å². The molecule has 0 spiro atoms. The summed E-state index contributed by atoms with van der Waals surface area (Å²) in [7, 11) is 0. The van der Waals surface area contributed by atoms with Crippen LogP contribution >= 0.6 is 22.9 Å². The number of nitrogens with zero attached hydrogens (tertiary/aromatic N) is 2. The average Bonchev–Trinajstić information content (AvgIpc) is 3.08. The summed E-state index contributed by atoms with van der Waals surface area (Å²) in [6.07, 6.45) is 0. The van der Waals surface area contributed by atoms with E-state index in [4.69, 9.17) is 11.6 Å². The molecule has 1 aliphatic rings. The van der Waals surface area contributed by atoms with Crippen LogP contribution in [0.1, 0.15) is 20.8 Å². The first kappa shape index (κ1) is 20.8. The van der Waals surface area contributed by atoms with Crippen LogP contribution in [0.25, 0.3) is 10.1 Å². The van der Waals surface area contributed by atoms with Gasteiger partial charge in [-0.3, -0.25) is 14.5 Å². The fraction of sp³-hybridized carbons (Fsp3) is 0.304. The molecule has 0 radical (unpaired) electrons. The number of anilines is 1. The molecule has 1 fully saturated rings. The van der Waals surface area contributed by atoms with Gasteiger partial charge < -0.3 is 10.2 Å². The fourth-order valence-corrected chi connectivity index (χ4v) is 5.28. The van der Waals surface area contributed by atoms with E-state index in [2.05, 4.69) is 10.2 Å². The summed E-state index contributed by atoms with van der Waals surface area (Å²) in [4.78, 5) is 30.0. The maximum absolute atomic E-state index is 13.0. The number of halogens is 1. The van der Waals surface area contributed by atoms with Gasteiger partial charge >= 0.3 is 0 Å². The zero-order chi connectivity index (χ0) is 21.3. The molecule has 3 aromatic rings. The van der Waals surface area contributed by atoms with E-state index in [1.165, 1.54) is 11.3 Å². The molecule has 1 saturated heterocycles. The molecule has 2 heterocycles. The largest absolute Gasteiger partial charge is 0.335 e. The Morgan fingerprint density at radius 3 is 2.33 bits per heavy atom. The van der Waals surface area contributed by atoms with Crippen LogP contribution in [0.2, 0.25) is 5.02 Å². The van der Waals surface area contributed by atoms with E-state index in [0.717, 1.165) is 26.9 Å². The highest BCUT2D eigenvalue weighted by atomic mass is 35.5. The molecule has 1 N–H and O–H groups in total. The minimum absolute atomic E-state index is 0.0270. The lowest BCUT2D eigenvalue weighted by Crippen LogP contribution is -2.50. The normalized spacial score (nSPS) is 14.8. The first-order valence-electron chi connectivity index (χ1n) is 9.99. The van der Waals surface area contributed by atoms with Gasteiger partial charge in [-0.05, 0) is 31.0 Å². The SMILES string of the molecule is Cc1cccc(C)c1NC(=O)CN1CCN(C(=O)c2sc3ccccc3c2Cl)CC1. The minimum Gasteiger partial charge on any atom is -0.335 e. The quantitative estimate of drug-likeness (QED) is 0.645. The topological polar surface area (TPSA) is 52.7 Å². The number of benzene rings is 2. The van der Waals surface area contributed by atoms with Crippen molar-refractivity contribution in [3.05, 3.63) is 63.5 Å². The summed E-state index contributed by atoms with van der Waals surface area (Å²) in [5.74, 6) is -0.0550. The highest BCUT2D eigenvalue weighted by Gasteiger charge is 2.26. The van der Waals surface area contributed by atoms with Crippen LogP contribution in [-0.2, 0) is 4.79 Å². The second-order valence-corrected chi connectivity index (χ2v) is 9.05. The maximum atomic E-state index is 13.0. The lowest BCUT2D eigenvalue weighted by Gasteiger charge is -2.34. The number of aryl methyl sites for hydroxylation is 2. The number of carbonyl (C=O) groups is 2. The number of hydrogen-bond acceptors (Lipinski definition) is 4. The van der Waals surface area contributed by atoms with Crippen molar-refractivity contribution in [2.24, 2.45) is 0 Å². The van der Waals surface area contributed by atoms with Crippen LogP contribution in [0.5, 0.6) is 0 Å². The molecule has 0 aliphatic carbocycles. The summed E-state index contributed by atoms with van der Waals surface area (Å²) < 4.78 is 1.02. The molecular formula is C23H24ClN3O2S. The van der Waals surface area contributed by atoms with Crippen LogP contribution < -0.4 is 5.32 Å². The highest BCUT2D eigenvalue weighted by Crippen LogP contribution is 2.36. The van der Waals surface area contributed by atoms with E-state index in [1.54, 1.807) is 0 Å². The molecule has 0 unspecified atom stereocenters. The summed E-state index contributed by atoms with van der Waals surface area (Å²) in [5, 5.41) is 4.49. The number of para-hydroxylation sites is 1. The molecular weight excluding hydrogens is 418 g/mol. The zero-order valence-corrected chi connectivity index (χ0v) is 18.6. The summed E-state index contributed by atoms with van der Waals surface area (Å²) in [6.45, 7) is 6.79. The Morgan fingerprint density at radius 2 is 1.67 bits per heavy atom. The molecule has 0 atom stereocenters. The van der Waals surface area contributed by atoms with Crippen LogP contribution in [0.4, 0.5) is 5.69 Å². The van der Waals surface area contributed by atoms with Crippen LogP contribution in [0.3, 0.4) is 0 Å². The molecule has 156 valence electrons. The molecule has 1 aliphatic heterocycles. The van der Waals surface area contributed by atoms with Gasteiger partial charge in [-0.2, -0.15) is 0 Å². The van der Waals surface area contributed by atoms with Crippen molar-refractivity contribution in [3.8, 4) is 0 Å². The number of amides is 2. The predicted octanol–water partition coefficient (Wildman–Crippen LogP) is 4.57. The van der Waals surface area contributed by atoms with Crippen molar-refractivity contribution in [1.29, 1.82) is 0 Å². The van der Waals surface area contributed by atoms with Crippen LogP contribution in [-0.4, -0.2) is 54.3 Å². The minimum atomic E-state index is -0.0280. The molecule has 7 heteroatoms.